The molecular formula is C15H16ClN3O3. The largest absolute Gasteiger partial charge is 0.378 e. The van der Waals surface area contributed by atoms with Gasteiger partial charge in [0.05, 0.1) is 6.54 Å². The molecule has 4 N–H and O–H groups in total. The molecule has 6 nitrogen and oxygen atoms in total. The van der Waals surface area contributed by atoms with E-state index in [1.165, 1.54) is 4.90 Å². The predicted octanol–water partition coefficient (Wildman–Crippen LogP) is 1.27. The number of rotatable bonds is 2. The summed E-state index contributed by atoms with van der Waals surface area (Å²) in [5.74, 6) is -1.07. The molecule has 3 rings (SSSR count). The predicted molar refractivity (Wildman–Crippen MR) is 82.6 cm³/mol. The number of nitrogens with two attached hydrogens (primary N) is 1. The van der Waals surface area contributed by atoms with Crippen LogP contribution in [0.1, 0.15) is 23.3 Å². The Bertz CT molecular complexity index is 758. The fourth-order valence-corrected chi connectivity index (χ4v) is 2.97. The molecule has 22 heavy (non-hydrogen) atoms. The van der Waals surface area contributed by atoms with Crippen molar-refractivity contribution < 1.29 is 14.7 Å². The van der Waals surface area contributed by atoms with Gasteiger partial charge in [-0.1, -0.05) is 17.7 Å². The zero-order valence-corrected chi connectivity index (χ0v) is 12.6. The second-order valence-corrected chi connectivity index (χ2v) is 6.08. The monoisotopic (exact) mass is 321 g/mol. The first kappa shape index (κ1) is 14.9. The molecule has 1 saturated heterocycles. The van der Waals surface area contributed by atoms with Crippen LogP contribution < -0.4 is 5.73 Å². The first-order valence-electron chi connectivity index (χ1n) is 6.99. The standard InChI is InChI=1S/C15H16ClN3O3/c16-10-3-2-9-6-12(18-11(9)7-10)13(20)19-5-1-4-15(22,8-19)14(17)21/h2-3,6-7,18,22H,1,4-5,8H2,(H2,17,21). The second-order valence-electron chi connectivity index (χ2n) is 5.64. The van der Waals surface area contributed by atoms with Gasteiger partial charge in [-0.05, 0) is 31.0 Å². The second kappa shape index (κ2) is 5.30. The van der Waals surface area contributed by atoms with Crippen LogP contribution in [0.3, 0.4) is 0 Å². The maximum atomic E-state index is 12.6. The Morgan fingerprint density at radius 3 is 2.86 bits per heavy atom. The van der Waals surface area contributed by atoms with Crippen LogP contribution in [-0.4, -0.2) is 45.5 Å². The summed E-state index contributed by atoms with van der Waals surface area (Å²) in [4.78, 5) is 28.4. The van der Waals surface area contributed by atoms with Crippen LogP contribution >= 0.6 is 11.6 Å². The minimum atomic E-state index is -1.65. The van der Waals surface area contributed by atoms with Crippen molar-refractivity contribution in [3.05, 3.63) is 35.0 Å². The van der Waals surface area contributed by atoms with Gasteiger partial charge in [0, 0.05) is 22.5 Å². The van der Waals surface area contributed by atoms with Gasteiger partial charge in [-0.25, -0.2) is 0 Å². The van der Waals surface area contributed by atoms with Crippen molar-refractivity contribution in [3.63, 3.8) is 0 Å². The summed E-state index contributed by atoms with van der Waals surface area (Å²) in [6, 6.07) is 7.04. The van der Waals surface area contributed by atoms with Gasteiger partial charge >= 0.3 is 0 Å². The zero-order valence-electron chi connectivity index (χ0n) is 11.8. The van der Waals surface area contributed by atoms with Gasteiger partial charge in [0.1, 0.15) is 5.69 Å². The molecule has 1 aliphatic rings. The van der Waals surface area contributed by atoms with Crippen molar-refractivity contribution in [1.82, 2.24) is 9.88 Å². The normalized spacial score (nSPS) is 22.0. The molecule has 1 aromatic heterocycles. The van der Waals surface area contributed by atoms with E-state index in [2.05, 4.69) is 4.98 Å². The number of amides is 2. The van der Waals surface area contributed by atoms with E-state index in [0.29, 0.717) is 23.7 Å². The fraction of sp³-hybridized carbons (Fsp3) is 0.333. The summed E-state index contributed by atoms with van der Waals surface area (Å²) in [5.41, 5.74) is 4.74. The van der Waals surface area contributed by atoms with Crippen molar-refractivity contribution in [3.8, 4) is 0 Å². The molecule has 1 aliphatic heterocycles. The first-order valence-corrected chi connectivity index (χ1v) is 7.37. The Morgan fingerprint density at radius 2 is 2.14 bits per heavy atom. The minimum Gasteiger partial charge on any atom is -0.378 e. The average molecular weight is 322 g/mol. The third-order valence-electron chi connectivity index (χ3n) is 4.03. The number of β-amino-alcohol motifs (C(OH)–C–C–N with tert-alkyl or cyclic N) is 1. The molecule has 2 amide bonds. The number of primary amides is 1. The number of H-pyrrole nitrogens is 1. The number of piperidine rings is 1. The molecule has 0 saturated carbocycles. The molecule has 2 aromatic rings. The van der Waals surface area contributed by atoms with Gasteiger partial charge in [0.15, 0.2) is 5.60 Å². The van der Waals surface area contributed by atoms with Crippen LogP contribution in [0.2, 0.25) is 5.02 Å². The summed E-state index contributed by atoms with van der Waals surface area (Å²) in [6.45, 7) is 0.391. The highest BCUT2D eigenvalue weighted by molar-refractivity contribution is 6.31. The van der Waals surface area contributed by atoms with Crippen molar-refractivity contribution in [2.75, 3.05) is 13.1 Å². The Morgan fingerprint density at radius 1 is 1.36 bits per heavy atom. The Balaban J connectivity index is 1.87. The highest BCUT2D eigenvalue weighted by Crippen LogP contribution is 2.24. The van der Waals surface area contributed by atoms with Crippen molar-refractivity contribution in [2.45, 2.75) is 18.4 Å². The number of aliphatic hydroxyl groups is 1. The van der Waals surface area contributed by atoms with Crippen molar-refractivity contribution in [2.24, 2.45) is 5.73 Å². The topological polar surface area (TPSA) is 99.4 Å². The van der Waals surface area contributed by atoms with E-state index < -0.39 is 11.5 Å². The third kappa shape index (κ3) is 2.55. The summed E-state index contributed by atoms with van der Waals surface area (Å²) in [7, 11) is 0. The summed E-state index contributed by atoms with van der Waals surface area (Å²) in [6.07, 6.45) is 0.797. The number of aromatic nitrogens is 1. The van der Waals surface area contributed by atoms with E-state index >= 15 is 0 Å². The number of nitrogens with one attached hydrogen (secondary N) is 1. The van der Waals surface area contributed by atoms with Gasteiger partial charge in [0.2, 0.25) is 0 Å². The fourth-order valence-electron chi connectivity index (χ4n) is 2.80. The molecule has 1 aromatic carbocycles. The van der Waals surface area contributed by atoms with Gasteiger partial charge in [-0.15, -0.1) is 0 Å². The zero-order chi connectivity index (χ0) is 15.9. The Labute approximate surface area is 131 Å². The third-order valence-corrected chi connectivity index (χ3v) is 4.27. The minimum absolute atomic E-state index is 0.0860. The molecule has 0 spiro atoms. The van der Waals surface area contributed by atoms with E-state index in [1.54, 1.807) is 18.2 Å². The highest BCUT2D eigenvalue weighted by Gasteiger charge is 2.40. The Kier molecular flexibility index (Phi) is 3.58. The van der Waals surface area contributed by atoms with Crippen molar-refractivity contribution in [1.29, 1.82) is 0 Å². The lowest BCUT2D eigenvalue weighted by atomic mass is 9.92. The van der Waals surface area contributed by atoms with E-state index in [0.717, 1.165) is 10.9 Å². The van der Waals surface area contributed by atoms with Crippen LogP contribution in [0.15, 0.2) is 24.3 Å². The van der Waals surface area contributed by atoms with Crippen molar-refractivity contribution >= 4 is 34.3 Å². The molecule has 1 fully saturated rings. The average Bonchev–Trinajstić information content (AvgIpc) is 2.89. The maximum Gasteiger partial charge on any atom is 0.270 e. The molecule has 1 unspecified atom stereocenters. The molecule has 0 aliphatic carbocycles. The SMILES string of the molecule is NC(=O)C1(O)CCCN(C(=O)c2cc3ccc(Cl)cc3[nH]2)C1. The molecule has 0 radical (unpaired) electrons. The number of hydrogen-bond acceptors (Lipinski definition) is 3. The van der Waals surface area contributed by atoms with Crippen LogP contribution in [-0.2, 0) is 4.79 Å². The number of halogens is 1. The lowest BCUT2D eigenvalue weighted by Crippen LogP contribution is -2.57. The molecule has 1 atom stereocenters. The Hall–Kier alpha value is -2.05. The molecule has 0 bridgehead atoms. The summed E-state index contributed by atoms with van der Waals surface area (Å²) in [5, 5.41) is 11.6. The number of nitrogens with zero attached hydrogens (tertiary/aromatic N) is 1. The number of fused-ring (bicyclic) bond motifs is 1. The van der Waals surface area contributed by atoms with Crippen LogP contribution in [0.5, 0.6) is 0 Å². The summed E-state index contributed by atoms with van der Waals surface area (Å²) < 4.78 is 0. The number of benzene rings is 1. The van der Waals surface area contributed by atoms with E-state index in [-0.39, 0.29) is 18.9 Å². The van der Waals surface area contributed by atoms with Crippen LogP contribution in [0.4, 0.5) is 0 Å². The number of hydrogen-bond donors (Lipinski definition) is 3. The van der Waals surface area contributed by atoms with E-state index in [9.17, 15) is 14.7 Å². The smallest absolute Gasteiger partial charge is 0.270 e. The first-order chi connectivity index (χ1) is 10.4. The number of aromatic amines is 1. The van der Waals surface area contributed by atoms with Gasteiger partial charge in [-0.2, -0.15) is 0 Å². The highest BCUT2D eigenvalue weighted by atomic mass is 35.5. The summed E-state index contributed by atoms with van der Waals surface area (Å²) >= 11 is 5.93. The van der Waals surface area contributed by atoms with Crippen LogP contribution in [0, 0.1) is 0 Å². The van der Waals surface area contributed by atoms with Crippen LogP contribution in [0.25, 0.3) is 10.9 Å². The van der Waals surface area contributed by atoms with Gasteiger partial charge in [-0.3, -0.25) is 9.59 Å². The van der Waals surface area contributed by atoms with E-state index in [1.807, 2.05) is 6.07 Å². The molecule has 7 heteroatoms. The molecule has 116 valence electrons. The molecule has 2 heterocycles. The lowest BCUT2D eigenvalue weighted by molar-refractivity contribution is -0.140. The maximum absolute atomic E-state index is 12.6. The number of carbonyl (C=O) groups excluding carboxylic acids is 2. The number of carbonyl (C=O) groups is 2. The van der Waals surface area contributed by atoms with Gasteiger partial charge in [0.25, 0.3) is 11.8 Å². The van der Waals surface area contributed by atoms with Gasteiger partial charge < -0.3 is 20.7 Å². The quantitative estimate of drug-likeness (QED) is 0.776. The number of likely N-dealkylation sites (tertiary alicyclic amines) is 1. The van der Waals surface area contributed by atoms with E-state index in [4.69, 9.17) is 17.3 Å². The lowest BCUT2D eigenvalue weighted by Gasteiger charge is -2.36. The molecular weight excluding hydrogens is 306 g/mol.